The number of hydrogen-bond acceptors (Lipinski definition) is 5. The molecule has 0 bridgehead atoms. The van der Waals surface area contributed by atoms with Gasteiger partial charge in [0.25, 0.3) is 0 Å². The summed E-state index contributed by atoms with van der Waals surface area (Å²) >= 11 is 1.55. The molecule has 0 aliphatic carbocycles. The van der Waals surface area contributed by atoms with Crippen LogP contribution in [0.4, 0.5) is 0 Å². The lowest BCUT2D eigenvalue weighted by molar-refractivity contribution is 0.334. The summed E-state index contributed by atoms with van der Waals surface area (Å²) in [6.45, 7) is 4.31. The van der Waals surface area contributed by atoms with E-state index in [1.165, 1.54) is 0 Å². The van der Waals surface area contributed by atoms with Gasteiger partial charge in [0.05, 0.1) is 10.8 Å². The second-order valence-electron chi connectivity index (χ2n) is 4.60. The Kier molecular flexibility index (Phi) is 4.58. The van der Waals surface area contributed by atoms with Crippen LogP contribution in [0.3, 0.4) is 0 Å². The zero-order chi connectivity index (χ0) is 13.9. The van der Waals surface area contributed by atoms with Crippen LogP contribution in [0.5, 0.6) is 0 Å². The van der Waals surface area contributed by atoms with Crippen molar-refractivity contribution >= 4 is 21.4 Å². The number of nitrogens with zero attached hydrogens (tertiary/aromatic N) is 2. The molecule has 1 aliphatic rings. The van der Waals surface area contributed by atoms with E-state index >= 15 is 0 Å². The molecule has 0 aromatic carbocycles. The van der Waals surface area contributed by atoms with Crippen molar-refractivity contribution in [1.29, 1.82) is 5.26 Å². The summed E-state index contributed by atoms with van der Waals surface area (Å²) in [6.07, 6.45) is 0.672. The summed E-state index contributed by atoms with van der Waals surface area (Å²) in [5.74, 6) is 0. The Morgan fingerprint density at radius 3 is 3.05 bits per heavy atom. The zero-order valence-corrected chi connectivity index (χ0v) is 12.4. The Bertz CT molecular complexity index is 574. The maximum Gasteiger partial charge on any atom is 0.215 e. The Hall–Kier alpha value is -0.940. The van der Waals surface area contributed by atoms with Crippen molar-refractivity contribution in [2.75, 3.05) is 19.6 Å². The molecule has 0 amide bonds. The first-order valence-electron chi connectivity index (χ1n) is 6.23. The third-order valence-electron chi connectivity index (χ3n) is 3.18. The van der Waals surface area contributed by atoms with Crippen molar-refractivity contribution in [3.63, 3.8) is 0 Å². The third kappa shape index (κ3) is 3.54. The quantitative estimate of drug-likeness (QED) is 0.884. The van der Waals surface area contributed by atoms with Crippen LogP contribution in [0, 0.1) is 11.3 Å². The molecule has 5 nitrogen and oxygen atoms in total. The second kappa shape index (κ2) is 6.01. The van der Waals surface area contributed by atoms with Gasteiger partial charge in [0.1, 0.15) is 6.07 Å². The van der Waals surface area contributed by atoms with Crippen molar-refractivity contribution in [3.8, 4) is 6.07 Å². The maximum atomic E-state index is 11.9. The van der Waals surface area contributed by atoms with Gasteiger partial charge in [0.2, 0.25) is 10.0 Å². The molecule has 1 unspecified atom stereocenters. The van der Waals surface area contributed by atoms with Crippen LogP contribution in [0.15, 0.2) is 11.4 Å². The molecule has 0 saturated carbocycles. The van der Waals surface area contributed by atoms with E-state index in [9.17, 15) is 8.42 Å². The monoisotopic (exact) mass is 299 g/mol. The molecule has 104 valence electrons. The minimum atomic E-state index is -3.18. The van der Waals surface area contributed by atoms with E-state index in [1.807, 2.05) is 11.4 Å². The molecule has 19 heavy (non-hydrogen) atoms. The fraction of sp³-hybridized carbons (Fsp3) is 0.583. The minimum absolute atomic E-state index is 0.317. The van der Waals surface area contributed by atoms with Crippen LogP contribution in [-0.2, 0) is 16.6 Å². The van der Waals surface area contributed by atoms with E-state index < -0.39 is 10.0 Å². The molecular formula is C12H17N3O2S2. The first-order chi connectivity index (χ1) is 9.05. The van der Waals surface area contributed by atoms with Crippen molar-refractivity contribution in [3.05, 3.63) is 21.9 Å². The van der Waals surface area contributed by atoms with E-state index in [1.54, 1.807) is 18.3 Å². The molecule has 1 atom stereocenters. The van der Waals surface area contributed by atoms with E-state index in [2.05, 4.69) is 15.7 Å². The molecule has 1 saturated heterocycles. The topological polar surface area (TPSA) is 73.2 Å². The standard InChI is InChI=1S/C12H17N3O2S2/c1-2-14-19(16,17)12-3-4-15(8-12)7-11-5-10(6-13)9-18-11/h5,9,12,14H,2-4,7-8H2,1H3. The molecule has 1 aliphatic heterocycles. The number of likely N-dealkylation sites (tertiary alicyclic amines) is 1. The summed E-state index contributed by atoms with van der Waals surface area (Å²) in [5, 5.41) is 10.3. The summed E-state index contributed by atoms with van der Waals surface area (Å²) in [7, 11) is -3.18. The van der Waals surface area contributed by atoms with E-state index in [4.69, 9.17) is 5.26 Å². The van der Waals surface area contributed by atoms with Gasteiger partial charge in [0, 0.05) is 29.9 Å². The van der Waals surface area contributed by atoms with Crippen LogP contribution in [-0.4, -0.2) is 38.2 Å². The molecule has 0 spiro atoms. The normalized spacial score (nSPS) is 20.5. The first-order valence-corrected chi connectivity index (χ1v) is 8.66. The average Bonchev–Trinajstić information content (AvgIpc) is 2.99. The Labute approximate surface area is 117 Å². The van der Waals surface area contributed by atoms with Gasteiger partial charge in [-0.1, -0.05) is 6.92 Å². The second-order valence-corrected chi connectivity index (χ2v) is 7.64. The lowest BCUT2D eigenvalue weighted by atomic mass is 10.3. The number of thiophene rings is 1. The van der Waals surface area contributed by atoms with Crippen LogP contribution in [0.25, 0.3) is 0 Å². The maximum absolute atomic E-state index is 11.9. The van der Waals surface area contributed by atoms with Gasteiger partial charge in [-0.15, -0.1) is 11.3 Å². The number of nitriles is 1. The highest BCUT2D eigenvalue weighted by molar-refractivity contribution is 7.90. The molecule has 1 aromatic rings. The molecule has 0 radical (unpaired) electrons. The Morgan fingerprint density at radius 2 is 2.42 bits per heavy atom. The lowest BCUT2D eigenvalue weighted by Gasteiger charge is -2.15. The van der Waals surface area contributed by atoms with Gasteiger partial charge in [-0.2, -0.15) is 5.26 Å². The fourth-order valence-electron chi connectivity index (χ4n) is 2.26. The smallest absolute Gasteiger partial charge is 0.215 e. The number of hydrogen-bond donors (Lipinski definition) is 1. The number of sulfonamides is 1. The fourth-order valence-corrected chi connectivity index (χ4v) is 4.57. The van der Waals surface area contributed by atoms with E-state index in [-0.39, 0.29) is 5.25 Å². The van der Waals surface area contributed by atoms with Gasteiger partial charge in [-0.3, -0.25) is 4.90 Å². The Balaban J connectivity index is 1.94. The van der Waals surface area contributed by atoms with Gasteiger partial charge in [0.15, 0.2) is 0 Å². The summed E-state index contributed by atoms with van der Waals surface area (Å²) < 4.78 is 26.4. The molecule has 1 N–H and O–H groups in total. The highest BCUT2D eigenvalue weighted by atomic mass is 32.2. The first kappa shape index (κ1) is 14.5. The van der Waals surface area contributed by atoms with Crippen LogP contribution in [0.1, 0.15) is 23.8 Å². The highest BCUT2D eigenvalue weighted by Gasteiger charge is 2.32. The molecular weight excluding hydrogens is 282 g/mol. The van der Waals surface area contributed by atoms with Crippen molar-refractivity contribution in [2.24, 2.45) is 0 Å². The predicted octanol–water partition coefficient (Wildman–Crippen LogP) is 1.13. The predicted molar refractivity (Wildman–Crippen MR) is 75.3 cm³/mol. The van der Waals surface area contributed by atoms with E-state index in [0.717, 1.165) is 18.0 Å². The average molecular weight is 299 g/mol. The molecule has 7 heteroatoms. The largest absolute Gasteiger partial charge is 0.297 e. The van der Waals surface area contributed by atoms with Gasteiger partial charge in [-0.25, -0.2) is 13.1 Å². The zero-order valence-electron chi connectivity index (χ0n) is 10.8. The van der Waals surface area contributed by atoms with Crippen LogP contribution < -0.4 is 4.72 Å². The molecule has 1 fully saturated rings. The van der Waals surface area contributed by atoms with Gasteiger partial charge >= 0.3 is 0 Å². The third-order valence-corrected chi connectivity index (χ3v) is 6.05. The summed E-state index contributed by atoms with van der Waals surface area (Å²) in [6, 6.07) is 3.98. The van der Waals surface area contributed by atoms with Crippen molar-refractivity contribution in [1.82, 2.24) is 9.62 Å². The SMILES string of the molecule is CCNS(=O)(=O)C1CCN(Cc2cc(C#N)cs2)C1. The summed E-state index contributed by atoms with van der Waals surface area (Å²) in [5.41, 5.74) is 0.677. The molecule has 2 rings (SSSR count). The van der Waals surface area contributed by atoms with Crippen molar-refractivity contribution < 1.29 is 8.42 Å². The molecule has 2 heterocycles. The van der Waals surface area contributed by atoms with Crippen LogP contribution in [0.2, 0.25) is 0 Å². The van der Waals surface area contributed by atoms with E-state index in [0.29, 0.717) is 25.1 Å². The highest BCUT2D eigenvalue weighted by Crippen LogP contribution is 2.21. The lowest BCUT2D eigenvalue weighted by Crippen LogP contribution is -2.36. The number of nitrogens with one attached hydrogen (secondary N) is 1. The van der Waals surface area contributed by atoms with Gasteiger partial charge in [-0.05, 0) is 19.0 Å². The van der Waals surface area contributed by atoms with Crippen LogP contribution >= 0.6 is 11.3 Å². The summed E-state index contributed by atoms with van der Waals surface area (Å²) in [4.78, 5) is 3.24. The number of rotatable bonds is 5. The van der Waals surface area contributed by atoms with Crippen molar-refractivity contribution in [2.45, 2.75) is 25.1 Å². The minimum Gasteiger partial charge on any atom is -0.297 e. The Morgan fingerprint density at radius 1 is 1.63 bits per heavy atom. The molecule has 1 aromatic heterocycles. The van der Waals surface area contributed by atoms with Gasteiger partial charge < -0.3 is 0 Å².